The van der Waals surface area contributed by atoms with Gasteiger partial charge in [-0.15, -0.1) is 0 Å². The normalized spacial score (nSPS) is 20.1. The van der Waals surface area contributed by atoms with Gasteiger partial charge in [-0.2, -0.15) is 30.6 Å². The zero-order chi connectivity index (χ0) is 100.0. The van der Waals surface area contributed by atoms with Gasteiger partial charge in [0.05, 0.1) is 80.5 Å². The number of carbonyl (C=O) groups excluding carboxylic acids is 1. The summed E-state index contributed by atoms with van der Waals surface area (Å²) in [6.07, 6.45) is 16.2. The molecule has 0 atom stereocenters. The summed E-state index contributed by atoms with van der Waals surface area (Å²) in [7, 11) is 0. The van der Waals surface area contributed by atoms with Gasteiger partial charge in [0.25, 0.3) is 0 Å². The SMILES string of the molecule is C=CN1CCN(C(=S)N/N=C2/CCOc3c(F)ccnc32)CC1.CC(=O)N1CCN(C(=S)N/N=C2/CCOc3c(F)ccnc32)CC1.CCN1CCN(C(=S)N/N=C2/CCOc3c(F)ccnc32)CC1.FCCN1CCN(C(=S)N/N=C2/CCOc3c(F)ccnc32)CC1.Fc1ccnc2c1OCC/C2=N/NC(=S)N1CCN(C2CC2)CC1.OCCN1CCN(C(=S)N/N=C2/CCOc3c(F)ccnc32)CC1. The number of piperazine rings is 6. The van der Waals surface area contributed by atoms with Gasteiger partial charge in [0.15, 0.2) is 100 Å². The third kappa shape index (κ3) is 29.0. The fourth-order valence-corrected chi connectivity index (χ4v) is 17.9. The fraction of sp³-hybridized carbons (Fsp3) is 0.505. The number of alkyl halides is 1. The zero-order valence-corrected chi connectivity index (χ0v) is 83.7. The second-order valence-corrected chi connectivity index (χ2v) is 36.0. The van der Waals surface area contributed by atoms with Crippen molar-refractivity contribution in [3.63, 3.8) is 0 Å². The summed E-state index contributed by atoms with van der Waals surface area (Å²) in [6.45, 7) is 31.7. The van der Waals surface area contributed by atoms with E-state index in [0.717, 1.165) is 143 Å². The Bertz CT molecular complexity index is 5510. The summed E-state index contributed by atoms with van der Waals surface area (Å²) in [5.41, 5.74) is 23.8. The average molecular weight is 2080 g/mol. The third-order valence-corrected chi connectivity index (χ3v) is 26.9. The first-order valence-electron chi connectivity index (χ1n) is 47.1. The quantitative estimate of drug-likeness (QED) is 0.0394. The molecule has 7 fully saturated rings. The van der Waals surface area contributed by atoms with Crippen LogP contribution < -0.4 is 61.0 Å². The van der Waals surface area contributed by atoms with E-state index in [1.165, 1.54) is 86.4 Å². The van der Waals surface area contributed by atoms with Crippen LogP contribution in [-0.2, 0) is 4.79 Å². The monoisotopic (exact) mass is 2080 g/mol. The molecule has 0 unspecified atom stereocenters. The van der Waals surface area contributed by atoms with E-state index in [-0.39, 0.29) is 53.7 Å². The number of hydrogen-bond donors (Lipinski definition) is 7. The minimum absolute atomic E-state index is 0.0701. The van der Waals surface area contributed by atoms with Crippen LogP contribution in [0.5, 0.6) is 34.5 Å². The van der Waals surface area contributed by atoms with Crippen molar-refractivity contribution in [2.75, 3.05) is 230 Å². The van der Waals surface area contributed by atoms with E-state index in [1.807, 2.05) is 20.9 Å². The number of pyridine rings is 6. The summed E-state index contributed by atoms with van der Waals surface area (Å²) < 4.78 is 127. The summed E-state index contributed by atoms with van der Waals surface area (Å²) in [4.78, 5) is 61.7. The van der Waals surface area contributed by atoms with Crippen LogP contribution in [0.4, 0.5) is 30.7 Å². The van der Waals surface area contributed by atoms with E-state index in [4.69, 9.17) is 107 Å². The van der Waals surface area contributed by atoms with E-state index in [1.54, 1.807) is 11.8 Å². The molecule has 762 valence electrons. The maximum Gasteiger partial charge on any atom is 0.219 e. The number of rotatable bonds is 13. The Labute approximate surface area is 850 Å². The van der Waals surface area contributed by atoms with Gasteiger partial charge in [0, 0.05) is 259 Å². The smallest absolute Gasteiger partial charge is 0.219 e. The van der Waals surface area contributed by atoms with Crippen LogP contribution in [0, 0.1) is 34.9 Å². The van der Waals surface area contributed by atoms with Crippen LogP contribution in [0.25, 0.3) is 0 Å². The van der Waals surface area contributed by atoms with Crippen molar-refractivity contribution in [2.24, 2.45) is 30.6 Å². The highest BCUT2D eigenvalue weighted by atomic mass is 32.1. The number of likely N-dealkylation sites (N-methyl/N-ethyl adjacent to an activating group) is 1. The summed E-state index contributed by atoms with van der Waals surface area (Å²) in [6, 6.07) is 8.44. The largest absolute Gasteiger partial charge is 0.488 e. The number of halogens is 7. The minimum atomic E-state index is -0.449. The fourth-order valence-electron chi connectivity index (χ4n) is 16.5. The lowest BCUT2D eigenvalue weighted by Gasteiger charge is -2.35. The molecule has 1 saturated carbocycles. The molecule has 19 rings (SSSR count). The minimum Gasteiger partial charge on any atom is -0.488 e. The Morgan fingerprint density at radius 2 is 0.592 bits per heavy atom. The van der Waals surface area contributed by atoms with Crippen LogP contribution in [0.15, 0.2) is 117 Å². The predicted molar refractivity (Wildman–Crippen MR) is 546 cm³/mol. The molecule has 7 N–H and O–H groups in total. The number of thiocarbonyl (C=S) groups is 6. The number of nitrogens with zero attached hydrogens (tertiary/aromatic N) is 24. The highest BCUT2D eigenvalue weighted by Crippen LogP contribution is 2.33. The second-order valence-electron chi connectivity index (χ2n) is 33.7. The number of hydrogen-bond acceptors (Lipinski definition) is 31. The number of carbonyl (C=O) groups is 1. The maximum atomic E-state index is 13.8. The molecule has 0 aromatic carbocycles. The molecule has 38 nitrogen and oxygen atoms in total. The molecule has 6 saturated heterocycles. The van der Waals surface area contributed by atoms with Gasteiger partial charge >= 0.3 is 0 Å². The lowest BCUT2D eigenvalue weighted by Crippen LogP contribution is -2.52. The summed E-state index contributed by atoms with van der Waals surface area (Å²) in [5.74, 6) is -1.60. The van der Waals surface area contributed by atoms with Crippen molar-refractivity contribution in [2.45, 2.75) is 71.3 Å². The number of amides is 1. The molecular formula is C91H115F7N30O8S6. The number of aromatic nitrogens is 6. The summed E-state index contributed by atoms with van der Waals surface area (Å²) in [5, 5.41) is 38.2. The van der Waals surface area contributed by atoms with Crippen molar-refractivity contribution in [1.82, 2.24) is 121 Å². The first-order valence-corrected chi connectivity index (χ1v) is 49.5. The number of fused-ring (bicyclic) bond motifs is 6. The van der Waals surface area contributed by atoms with Gasteiger partial charge in [-0.1, -0.05) is 13.5 Å². The molecule has 142 heavy (non-hydrogen) atoms. The van der Waals surface area contributed by atoms with Crippen molar-refractivity contribution >= 4 is 144 Å². The third-order valence-electron chi connectivity index (χ3n) is 24.8. The predicted octanol–water partition coefficient (Wildman–Crippen LogP) is 6.03. The number of aliphatic hydroxyl groups excluding tert-OH is 1. The number of hydrazone groups is 6. The highest BCUT2D eigenvalue weighted by molar-refractivity contribution is 7.81. The molecule has 12 aliphatic heterocycles. The number of β-amino-alcohol motifs (C(OH)–C–C–N with tert-alkyl or cyclic N) is 1. The molecule has 0 radical (unpaired) electrons. The van der Waals surface area contributed by atoms with Crippen molar-refractivity contribution in [3.05, 3.63) is 155 Å². The van der Waals surface area contributed by atoms with E-state index >= 15 is 0 Å². The van der Waals surface area contributed by atoms with E-state index in [9.17, 15) is 35.5 Å². The van der Waals surface area contributed by atoms with Crippen molar-refractivity contribution in [1.29, 1.82) is 0 Å². The lowest BCUT2D eigenvalue weighted by atomic mass is 10.1. The number of ether oxygens (including phenoxy) is 6. The molecule has 6 aromatic rings. The molecule has 0 spiro atoms. The van der Waals surface area contributed by atoms with Crippen LogP contribution >= 0.6 is 73.3 Å². The average Bonchev–Trinajstić information content (AvgIpc) is 1.70. The van der Waals surface area contributed by atoms with E-state index in [2.05, 4.69) is 146 Å². The van der Waals surface area contributed by atoms with E-state index in [0.29, 0.717) is 217 Å². The van der Waals surface area contributed by atoms with Crippen molar-refractivity contribution in [3.8, 4) is 34.5 Å². The van der Waals surface area contributed by atoms with Gasteiger partial charge in [0.2, 0.25) is 5.91 Å². The Hall–Kier alpha value is -11.8. The van der Waals surface area contributed by atoms with Gasteiger partial charge < -0.3 is 77.6 Å². The first-order chi connectivity index (χ1) is 69.0. The van der Waals surface area contributed by atoms with E-state index < -0.39 is 34.9 Å². The van der Waals surface area contributed by atoms with Gasteiger partial charge in [-0.05, 0) is 135 Å². The standard InChI is InChI=1S/C16H20FN5OS.C15H19F2N5OS.C15H18FN5O2S.C15H20FN5O2S.C15H20FN5OS.C15H18FN5OS/c17-12-3-5-18-14-13(4-10-23-15(12)14)19-20-16(24)22-8-6-21(7-9-22)11-1-2-11;16-3-5-21-6-8-22(9-7-21)15(24)20-19-12-2-10-23-14-11(17)1-4-18-13(12)14;1-10(22)20-5-7-21(8-6-20)15(24)19-18-12-3-9-23-14-11(16)2-4-17-13(12)14;16-11-1-3-17-13-12(2-10-23-14(11)13)18-19-15(24)21-6-4-20(5-7-21)8-9-22;2*1-2-20-6-8-21(9-7-20)15(23)19-18-12-4-10-22-14-11(16)3-5-17-13(12)14/h3,5,11H,1-2,4,6-10H2,(H,20,24);1,4H,2-3,5-10H2,(H,20,24);2,4H,3,5-9H2,1H3,(H,19,24);1,3,22H,2,4-10H2,(H,19,24);3,5H,2,4,6-10H2,1H3,(H,19,23);2-3,5H,1,4,6-10H2,(H,19,23)/b19-13-;19-12-;4*18-12-. The van der Waals surface area contributed by atoms with Crippen LogP contribution in [0.1, 0.15) is 99.4 Å². The Morgan fingerprint density at radius 3 is 0.817 bits per heavy atom. The van der Waals surface area contributed by atoms with Gasteiger partial charge in [0.1, 0.15) is 40.8 Å². The molecule has 0 bridgehead atoms. The lowest BCUT2D eigenvalue weighted by molar-refractivity contribution is -0.130. The molecule has 1 amide bonds. The second kappa shape index (κ2) is 53.0. The van der Waals surface area contributed by atoms with Crippen LogP contribution in [-0.4, -0.2) is 400 Å². The molecular weight excluding hydrogens is 1970 g/mol. The number of aliphatic hydroxyl groups is 1. The topological polar surface area (TPSA) is 355 Å². The first kappa shape index (κ1) is 106. The maximum absolute atomic E-state index is 13.8. The highest BCUT2D eigenvalue weighted by Gasteiger charge is 2.35. The van der Waals surface area contributed by atoms with Gasteiger partial charge in [-0.25, -0.2) is 30.7 Å². The molecule has 51 heteroatoms. The molecule has 18 heterocycles. The summed E-state index contributed by atoms with van der Waals surface area (Å²) >= 11 is 32.3. The Balaban J connectivity index is 0.000000135. The molecule has 13 aliphatic rings. The Morgan fingerprint density at radius 1 is 0.366 bits per heavy atom. The van der Waals surface area contributed by atoms with Crippen LogP contribution in [0.2, 0.25) is 0 Å². The molecule has 1 aliphatic carbocycles. The van der Waals surface area contributed by atoms with Gasteiger partial charge in [-0.3, -0.25) is 82.0 Å². The van der Waals surface area contributed by atoms with Crippen LogP contribution in [0.3, 0.4) is 0 Å². The molecule has 6 aromatic heterocycles. The number of nitrogens with one attached hydrogen (secondary N) is 6. The van der Waals surface area contributed by atoms with Crippen molar-refractivity contribution < 1.29 is 69.1 Å². The zero-order valence-electron chi connectivity index (χ0n) is 78.8. The Kier molecular flexibility index (Phi) is 39.5.